The summed E-state index contributed by atoms with van der Waals surface area (Å²) in [6.45, 7) is 8.34. The molecule has 0 aromatic carbocycles. The number of aromatic nitrogens is 2. The topological polar surface area (TPSA) is 37.8 Å². The number of hydrogen-bond donors (Lipinski definition) is 1. The van der Waals surface area contributed by atoms with Crippen molar-refractivity contribution in [3.05, 3.63) is 16.5 Å². The van der Waals surface area contributed by atoms with Gasteiger partial charge in [0.2, 0.25) is 0 Å². The van der Waals surface area contributed by atoms with E-state index < -0.39 is 0 Å². The summed E-state index contributed by atoms with van der Waals surface area (Å²) >= 11 is 6.11. The fourth-order valence-electron chi connectivity index (χ4n) is 1.60. The van der Waals surface area contributed by atoms with E-state index in [0.717, 1.165) is 23.1 Å². The molecule has 1 aliphatic rings. The number of rotatable bonds is 3. The summed E-state index contributed by atoms with van der Waals surface area (Å²) in [5.74, 6) is 2.76. The average Bonchev–Trinajstić information content (AvgIpc) is 2.89. The Bertz CT molecular complexity index is 403. The minimum Gasteiger partial charge on any atom is -0.367 e. The molecule has 4 heteroatoms. The van der Waals surface area contributed by atoms with E-state index in [4.69, 9.17) is 11.6 Å². The lowest BCUT2D eigenvalue weighted by Crippen LogP contribution is -2.10. The van der Waals surface area contributed by atoms with E-state index in [-0.39, 0.29) is 0 Å². The first-order chi connectivity index (χ1) is 7.49. The van der Waals surface area contributed by atoms with Gasteiger partial charge in [-0.3, -0.25) is 0 Å². The van der Waals surface area contributed by atoms with Crippen molar-refractivity contribution in [1.29, 1.82) is 0 Å². The van der Waals surface area contributed by atoms with Gasteiger partial charge in [0, 0.05) is 17.5 Å². The molecule has 2 rings (SSSR count). The lowest BCUT2D eigenvalue weighted by atomic mass is 10.2. The van der Waals surface area contributed by atoms with Crippen LogP contribution in [0.15, 0.2) is 0 Å². The SMILES string of the molecule is Cc1c(Cl)nc(C(C)C)nc1NC1CC1C. The van der Waals surface area contributed by atoms with Crippen molar-refractivity contribution in [1.82, 2.24) is 9.97 Å². The van der Waals surface area contributed by atoms with Crippen molar-refractivity contribution in [2.24, 2.45) is 5.92 Å². The summed E-state index contributed by atoms with van der Waals surface area (Å²) in [7, 11) is 0. The first-order valence-corrected chi connectivity index (χ1v) is 6.17. The maximum Gasteiger partial charge on any atom is 0.137 e. The fraction of sp³-hybridized carbons (Fsp3) is 0.667. The van der Waals surface area contributed by atoms with Crippen LogP contribution in [0.4, 0.5) is 5.82 Å². The van der Waals surface area contributed by atoms with E-state index in [0.29, 0.717) is 17.1 Å². The summed E-state index contributed by atoms with van der Waals surface area (Å²) < 4.78 is 0. The molecule has 0 spiro atoms. The van der Waals surface area contributed by atoms with Crippen LogP contribution < -0.4 is 5.32 Å². The second-order valence-electron chi connectivity index (χ2n) is 4.96. The van der Waals surface area contributed by atoms with E-state index in [2.05, 4.69) is 36.1 Å². The molecular weight excluding hydrogens is 222 g/mol. The van der Waals surface area contributed by atoms with Crippen LogP contribution in [0.25, 0.3) is 0 Å². The number of nitrogens with zero attached hydrogens (tertiary/aromatic N) is 2. The molecule has 0 amide bonds. The molecule has 2 unspecified atom stereocenters. The van der Waals surface area contributed by atoms with Crippen molar-refractivity contribution in [2.75, 3.05) is 5.32 Å². The van der Waals surface area contributed by atoms with Crippen LogP contribution in [0.2, 0.25) is 5.15 Å². The Kier molecular flexibility index (Phi) is 3.06. The molecule has 0 bridgehead atoms. The van der Waals surface area contributed by atoms with Gasteiger partial charge in [-0.15, -0.1) is 0 Å². The molecule has 1 N–H and O–H groups in total. The summed E-state index contributed by atoms with van der Waals surface area (Å²) in [6.07, 6.45) is 1.22. The molecule has 1 aromatic rings. The molecule has 1 saturated carbocycles. The van der Waals surface area contributed by atoms with Gasteiger partial charge in [0.25, 0.3) is 0 Å². The van der Waals surface area contributed by atoms with Crippen LogP contribution >= 0.6 is 11.6 Å². The molecule has 2 atom stereocenters. The molecule has 1 heterocycles. The standard InChI is InChI=1S/C12H18ClN3/c1-6(2)11-15-10(13)8(4)12(16-11)14-9-5-7(9)3/h6-7,9H,5H2,1-4H3,(H,14,15,16). The van der Waals surface area contributed by atoms with Crippen LogP contribution in [0, 0.1) is 12.8 Å². The van der Waals surface area contributed by atoms with Gasteiger partial charge in [-0.05, 0) is 19.3 Å². The average molecular weight is 240 g/mol. The number of nitrogens with one attached hydrogen (secondary N) is 1. The first kappa shape index (κ1) is 11.6. The Labute approximate surface area is 102 Å². The largest absolute Gasteiger partial charge is 0.367 e. The third-order valence-corrected chi connectivity index (χ3v) is 3.42. The fourth-order valence-corrected chi connectivity index (χ4v) is 1.78. The second-order valence-corrected chi connectivity index (χ2v) is 5.32. The molecule has 16 heavy (non-hydrogen) atoms. The van der Waals surface area contributed by atoms with Crippen molar-refractivity contribution in [3.8, 4) is 0 Å². The van der Waals surface area contributed by atoms with Crippen molar-refractivity contribution < 1.29 is 0 Å². The summed E-state index contributed by atoms with van der Waals surface area (Å²) in [4.78, 5) is 8.83. The number of anilines is 1. The van der Waals surface area contributed by atoms with E-state index in [1.165, 1.54) is 6.42 Å². The van der Waals surface area contributed by atoms with Gasteiger partial charge in [-0.25, -0.2) is 9.97 Å². The van der Waals surface area contributed by atoms with E-state index in [1.54, 1.807) is 0 Å². The van der Waals surface area contributed by atoms with Crippen LogP contribution in [0.3, 0.4) is 0 Å². The number of halogens is 1. The Morgan fingerprint density at radius 1 is 1.38 bits per heavy atom. The monoisotopic (exact) mass is 239 g/mol. The molecule has 0 radical (unpaired) electrons. The highest BCUT2D eigenvalue weighted by molar-refractivity contribution is 6.30. The zero-order chi connectivity index (χ0) is 11.9. The van der Waals surface area contributed by atoms with E-state index in [9.17, 15) is 0 Å². The predicted octanol–water partition coefficient (Wildman–Crippen LogP) is 3.38. The van der Waals surface area contributed by atoms with Gasteiger partial charge < -0.3 is 5.32 Å². The maximum atomic E-state index is 6.11. The number of hydrogen-bond acceptors (Lipinski definition) is 3. The van der Waals surface area contributed by atoms with Crippen molar-refractivity contribution >= 4 is 17.4 Å². The van der Waals surface area contributed by atoms with Gasteiger partial charge in [0.15, 0.2) is 0 Å². The highest BCUT2D eigenvalue weighted by Gasteiger charge is 2.33. The summed E-state index contributed by atoms with van der Waals surface area (Å²) in [6, 6.07) is 0.560. The molecule has 1 aromatic heterocycles. The zero-order valence-corrected chi connectivity index (χ0v) is 11.0. The van der Waals surface area contributed by atoms with Gasteiger partial charge in [-0.2, -0.15) is 0 Å². The zero-order valence-electron chi connectivity index (χ0n) is 10.2. The lowest BCUT2D eigenvalue weighted by Gasteiger charge is -2.12. The van der Waals surface area contributed by atoms with Crippen LogP contribution in [-0.4, -0.2) is 16.0 Å². The Morgan fingerprint density at radius 3 is 2.50 bits per heavy atom. The molecule has 1 aliphatic carbocycles. The highest BCUT2D eigenvalue weighted by atomic mass is 35.5. The summed E-state index contributed by atoms with van der Waals surface area (Å²) in [5, 5.41) is 4.00. The third kappa shape index (κ3) is 2.29. The molecule has 1 fully saturated rings. The highest BCUT2D eigenvalue weighted by Crippen LogP contribution is 2.34. The predicted molar refractivity (Wildman–Crippen MR) is 67.1 cm³/mol. The summed E-state index contributed by atoms with van der Waals surface area (Å²) in [5.41, 5.74) is 0.949. The van der Waals surface area contributed by atoms with Gasteiger partial charge in [0.1, 0.15) is 16.8 Å². The maximum absolute atomic E-state index is 6.11. The van der Waals surface area contributed by atoms with E-state index in [1.807, 2.05) is 6.92 Å². The normalized spacial score (nSPS) is 23.6. The Hall–Kier alpha value is -0.830. The molecule has 0 aliphatic heterocycles. The van der Waals surface area contributed by atoms with Crippen LogP contribution in [0.1, 0.15) is 44.5 Å². The van der Waals surface area contributed by atoms with Crippen molar-refractivity contribution in [3.63, 3.8) is 0 Å². The van der Waals surface area contributed by atoms with Crippen molar-refractivity contribution in [2.45, 2.75) is 46.1 Å². The second kappa shape index (κ2) is 4.21. The van der Waals surface area contributed by atoms with Gasteiger partial charge in [0.05, 0.1) is 0 Å². The smallest absolute Gasteiger partial charge is 0.137 e. The molecular formula is C12H18ClN3. The van der Waals surface area contributed by atoms with Crippen LogP contribution in [-0.2, 0) is 0 Å². The minimum absolute atomic E-state index is 0.301. The third-order valence-electron chi connectivity index (χ3n) is 3.05. The lowest BCUT2D eigenvalue weighted by molar-refractivity contribution is 0.770. The Balaban J connectivity index is 2.27. The molecule has 88 valence electrons. The quantitative estimate of drug-likeness (QED) is 0.822. The minimum atomic E-state index is 0.301. The van der Waals surface area contributed by atoms with E-state index >= 15 is 0 Å². The van der Waals surface area contributed by atoms with Crippen LogP contribution in [0.5, 0.6) is 0 Å². The first-order valence-electron chi connectivity index (χ1n) is 5.79. The van der Waals surface area contributed by atoms with Gasteiger partial charge in [-0.1, -0.05) is 32.4 Å². The Morgan fingerprint density at radius 2 is 2.00 bits per heavy atom. The molecule has 0 saturated heterocycles. The van der Waals surface area contributed by atoms with Gasteiger partial charge >= 0.3 is 0 Å². The molecule has 3 nitrogen and oxygen atoms in total.